The van der Waals surface area contributed by atoms with Gasteiger partial charge in [0.1, 0.15) is 11.4 Å². The Balaban J connectivity index is 2.19. The van der Waals surface area contributed by atoms with Gasteiger partial charge in [0.2, 0.25) is 0 Å². The second kappa shape index (κ2) is 4.30. The SMILES string of the molecule is O=S([O-])ON1CCSCC1. The Labute approximate surface area is 66.4 Å². The van der Waals surface area contributed by atoms with E-state index < -0.39 is 11.4 Å². The van der Waals surface area contributed by atoms with Gasteiger partial charge in [-0.1, -0.05) is 0 Å². The van der Waals surface area contributed by atoms with Crippen LogP contribution in [-0.2, 0) is 15.6 Å². The van der Waals surface area contributed by atoms with Gasteiger partial charge in [-0.25, -0.2) is 8.49 Å². The van der Waals surface area contributed by atoms with E-state index in [2.05, 4.69) is 4.28 Å². The van der Waals surface area contributed by atoms with E-state index in [1.807, 2.05) is 0 Å². The molecule has 1 aliphatic rings. The molecule has 0 saturated carbocycles. The average molecular weight is 182 g/mol. The Kier molecular flexibility index (Phi) is 3.64. The lowest BCUT2D eigenvalue weighted by Crippen LogP contribution is -2.33. The van der Waals surface area contributed by atoms with E-state index in [9.17, 15) is 8.76 Å². The molecule has 0 aromatic rings. The zero-order chi connectivity index (χ0) is 7.40. The monoisotopic (exact) mass is 182 g/mol. The lowest BCUT2D eigenvalue weighted by molar-refractivity contribution is -0.0438. The molecule has 10 heavy (non-hydrogen) atoms. The summed E-state index contributed by atoms with van der Waals surface area (Å²) in [5.41, 5.74) is 0. The van der Waals surface area contributed by atoms with Gasteiger partial charge in [-0.05, 0) is 0 Å². The molecule has 1 fully saturated rings. The molecule has 0 aliphatic carbocycles. The summed E-state index contributed by atoms with van der Waals surface area (Å²) in [4.78, 5) is 0. The first-order chi connectivity index (χ1) is 4.79. The van der Waals surface area contributed by atoms with Gasteiger partial charge in [0, 0.05) is 24.6 Å². The van der Waals surface area contributed by atoms with Crippen LogP contribution < -0.4 is 0 Å². The van der Waals surface area contributed by atoms with Crippen LogP contribution >= 0.6 is 11.8 Å². The van der Waals surface area contributed by atoms with Crippen molar-refractivity contribution in [2.75, 3.05) is 24.6 Å². The number of hydroxylamine groups is 2. The first kappa shape index (κ1) is 8.48. The van der Waals surface area contributed by atoms with Crippen LogP contribution in [0, 0.1) is 0 Å². The van der Waals surface area contributed by atoms with E-state index in [-0.39, 0.29) is 0 Å². The van der Waals surface area contributed by atoms with Crippen LogP contribution in [0.4, 0.5) is 0 Å². The van der Waals surface area contributed by atoms with Crippen molar-refractivity contribution in [1.29, 1.82) is 0 Å². The molecule has 1 atom stereocenters. The van der Waals surface area contributed by atoms with Gasteiger partial charge in [-0.15, -0.1) is 0 Å². The first-order valence-electron chi connectivity index (χ1n) is 2.89. The van der Waals surface area contributed by atoms with E-state index in [4.69, 9.17) is 0 Å². The van der Waals surface area contributed by atoms with Crippen LogP contribution in [0.1, 0.15) is 0 Å². The standard InChI is InChI=1S/C4H9NO3S2/c6-10(7)8-5-1-3-9-4-2-5/h1-4H2,(H,6,7)/p-1. The minimum atomic E-state index is -2.40. The summed E-state index contributed by atoms with van der Waals surface area (Å²) in [6.45, 7) is 1.39. The van der Waals surface area contributed by atoms with Crippen LogP contribution in [0.25, 0.3) is 0 Å². The Hall–Kier alpha value is 0.380. The zero-order valence-electron chi connectivity index (χ0n) is 5.32. The van der Waals surface area contributed by atoms with Crippen molar-refractivity contribution in [3.05, 3.63) is 0 Å². The smallest absolute Gasteiger partial charge is 0.106 e. The average Bonchev–Trinajstić information content (AvgIpc) is 1.88. The fourth-order valence-electron chi connectivity index (χ4n) is 0.707. The van der Waals surface area contributed by atoms with Gasteiger partial charge < -0.3 is 4.55 Å². The molecule has 1 unspecified atom stereocenters. The van der Waals surface area contributed by atoms with Crippen LogP contribution in [0.5, 0.6) is 0 Å². The Morgan fingerprint density at radius 3 is 2.60 bits per heavy atom. The minimum Gasteiger partial charge on any atom is -0.748 e. The predicted octanol–water partition coefficient (Wildman–Crippen LogP) is -0.239. The molecular formula is C4H8NO3S2-. The summed E-state index contributed by atoms with van der Waals surface area (Å²) in [5.74, 6) is 1.88. The predicted molar refractivity (Wildman–Crippen MR) is 38.9 cm³/mol. The molecule has 0 amide bonds. The van der Waals surface area contributed by atoms with Gasteiger partial charge in [-0.2, -0.15) is 16.8 Å². The highest BCUT2D eigenvalue weighted by Gasteiger charge is 2.10. The van der Waals surface area contributed by atoms with Gasteiger partial charge >= 0.3 is 0 Å². The van der Waals surface area contributed by atoms with E-state index in [1.165, 1.54) is 5.06 Å². The Morgan fingerprint density at radius 1 is 1.50 bits per heavy atom. The molecule has 0 bridgehead atoms. The van der Waals surface area contributed by atoms with Crippen molar-refractivity contribution in [2.24, 2.45) is 0 Å². The summed E-state index contributed by atoms with van der Waals surface area (Å²) in [6.07, 6.45) is 0. The van der Waals surface area contributed by atoms with Gasteiger partial charge in [0.15, 0.2) is 0 Å². The first-order valence-corrected chi connectivity index (χ1v) is 5.05. The van der Waals surface area contributed by atoms with Crippen molar-refractivity contribution < 1.29 is 13.0 Å². The molecule has 0 spiro atoms. The van der Waals surface area contributed by atoms with E-state index >= 15 is 0 Å². The summed E-state index contributed by atoms with van der Waals surface area (Å²) in [5, 5.41) is 1.46. The van der Waals surface area contributed by atoms with E-state index in [0.29, 0.717) is 13.1 Å². The van der Waals surface area contributed by atoms with Crippen LogP contribution in [-0.4, -0.2) is 38.4 Å². The van der Waals surface area contributed by atoms with Crippen molar-refractivity contribution in [3.8, 4) is 0 Å². The molecule has 1 aliphatic heterocycles. The minimum absolute atomic E-state index is 0.693. The molecule has 0 radical (unpaired) electrons. The van der Waals surface area contributed by atoms with Gasteiger partial charge in [-0.3, -0.25) is 0 Å². The highest BCUT2D eigenvalue weighted by molar-refractivity contribution is 7.99. The maximum absolute atomic E-state index is 10.00. The van der Waals surface area contributed by atoms with Crippen molar-refractivity contribution >= 4 is 23.1 Å². The zero-order valence-corrected chi connectivity index (χ0v) is 6.95. The summed E-state index contributed by atoms with van der Waals surface area (Å²) < 4.78 is 24.4. The second-order valence-electron chi connectivity index (χ2n) is 1.82. The molecule has 0 aromatic carbocycles. The molecule has 1 heterocycles. The number of rotatable bonds is 2. The Morgan fingerprint density at radius 2 is 2.10 bits per heavy atom. The normalized spacial score (nSPS) is 24.5. The lowest BCUT2D eigenvalue weighted by Gasteiger charge is -2.24. The van der Waals surface area contributed by atoms with Crippen LogP contribution in [0.15, 0.2) is 0 Å². The van der Waals surface area contributed by atoms with E-state index in [1.54, 1.807) is 11.8 Å². The van der Waals surface area contributed by atoms with Crippen molar-refractivity contribution in [3.63, 3.8) is 0 Å². The molecule has 4 nitrogen and oxygen atoms in total. The number of hydrogen-bond acceptors (Lipinski definition) is 5. The molecule has 6 heteroatoms. The van der Waals surface area contributed by atoms with Crippen molar-refractivity contribution in [1.82, 2.24) is 5.06 Å². The highest BCUT2D eigenvalue weighted by atomic mass is 32.2. The number of hydrogen-bond donors (Lipinski definition) is 0. The van der Waals surface area contributed by atoms with Crippen LogP contribution in [0.2, 0.25) is 0 Å². The van der Waals surface area contributed by atoms with Gasteiger partial charge in [0.25, 0.3) is 0 Å². The molecule has 1 rings (SSSR count). The lowest BCUT2D eigenvalue weighted by atomic mass is 10.6. The molecule has 0 aromatic heterocycles. The quantitative estimate of drug-likeness (QED) is 0.552. The largest absolute Gasteiger partial charge is 0.748 e. The summed E-state index contributed by atoms with van der Waals surface area (Å²) in [6, 6.07) is 0. The summed E-state index contributed by atoms with van der Waals surface area (Å²) >= 11 is -0.593. The van der Waals surface area contributed by atoms with Gasteiger partial charge in [0.05, 0.1) is 0 Å². The molecular weight excluding hydrogens is 174 g/mol. The fourth-order valence-corrected chi connectivity index (χ4v) is 1.90. The Bertz CT molecular complexity index is 126. The second-order valence-corrected chi connectivity index (χ2v) is 3.60. The maximum Gasteiger partial charge on any atom is 0.106 e. The fraction of sp³-hybridized carbons (Fsp3) is 1.00. The number of thioether (sulfide) groups is 1. The third-order valence-electron chi connectivity index (χ3n) is 1.14. The highest BCUT2D eigenvalue weighted by Crippen LogP contribution is 2.09. The molecule has 0 N–H and O–H groups in total. The summed E-state index contributed by atoms with van der Waals surface area (Å²) in [7, 11) is 0. The number of nitrogens with zero attached hydrogens (tertiary/aromatic N) is 1. The van der Waals surface area contributed by atoms with Crippen LogP contribution in [0.3, 0.4) is 0 Å². The van der Waals surface area contributed by atoms with E-state index in [0.717, 1.165) is 11.5 Å². The maximum atomic E-state index is 10.00. The third-order valence-corrected chi connectivity index (χ3v) is 2.41. The topological polar surface area (TPSA) is 52.6 Å². The molecule has 60 valence electrons. The van der Waals surface area contributed by atoms with Crippen molar-refractivity contribution in [2.45, 2.75) is 0 Å². The third kappa shape index (κ3) is 2.98. The molecule has 1 saturated heterocycles.